The molecule has 0 saturated heterocycles. The smallest absolute Gasteiger partial charge is 0.00206 e. The minimum absolute atomic E-state index is 1.22. The molecule has 0 aromatic heterocycles. The van der Waals surface area contributed by atoms with Crippen LogP contribution in [0.2, 0.25) is 0 Å². The van der Waals surface area contributed by atoms with Gasteiger partial charge >= 0.3 is 0 Å². The van der Waals surface area contributed by atoms with Gasteiger partial charge in [-0.1, -0.05) is 164 Å². The van der Waals surface area contributed by atoms with Crippen LogP contribution in [-0.4, -0.2) is 0 Å². The summed E-state index contributed by atoms with van der Waals surface area (Å²) in [5, 5.41) is 13.0. The van der Waals surface area contributed by atoms with Crippen LogP contribution in [0.3, 0.4) is 0 Å². The molecule has 10 aromatic carbocycles. The SMILES string of the molecule is c1cc(-c2ccc(-c3cccc(-c4ccc5ccc6cccc7ccc4c5c67)c3)cc2)cc(-c2c3ccccc3cc3ccccc23)c1. The van der Waals surface area contributed by atoms with Gasteiger partial charge in [0.1, 0.15) is 0 Å². The second-order valence-electron chi connectivity index (χ2n) is 12.9. The topological polar surface area (TPSA) is 0 Å². The highest BCUT2D eigenvalue weighted by Crippen LogP contribution is 2.41. The lowest BCUT2D eigenvalue weighted by Crippen LogP contribution is -1.88. The molecule has 0 heterocycles. The van der Waals surface area contributed by atoms with E-state index in [0.29, 0.717) is 0 Å². The van der Waals surface area contributed by atoms with Crippen molar-refractivity contribution in [1.82, 2.24) is 0 Å². The zero-order valence-corrected chi connectivity index (χ0v) is 26.3. The van der Waals surface area contributed by atoms with Crippen LogP contribution in [0.5, 0.6) is 0 Å². The molecule has 0 N–H and O–H groups in total. The summed E-state index contributed by atoms with van der Waals surface area (Å²) in [5.74, 6) is 0. The summed E-state index contributed by atoms with van der Waals surface area (Å²) in [4.78, 5) is 0. The van der Waals surface area contributed by atoms with Gasteiger partial charge in [-0.2, -0.15) is 0 Å². The van der Waals surface area contributed by atoms with Crippen molar-refractivity contribution in [2.75, 3.05) is 0 Å². The number of hydrogen-bond acceptors (Lipinski definition) is 0. The lowest BCUT2D eigenvalue weighted by Gasteiger charge is -2.15. The van der Waals surface area contributed by atoms with Gasteiger partial charge in [0, 0.05) is 0 Å². The lowest BCUT2D eigenvalue weighted by atomic mass is 9.89. The summed E-state index contributed by atoms with van der Waals surface area (Å²) < 4.78 is 0. The van der Waals surface area contributed by atoms with Gasteiger partial charge in [-0.05, 0) is 117 Å². The predicted molar refractivity (Wildman–Crippen MR) is 207 cm³/mol. The standard InChI is InChI=1S/C48H30/c1-3-16-43-39(8-1)30-40-9-2-4-17-44(40)47(43)41-15-7-13-37(29-41)32-20-18-31(19-21-32)36-12-6-14-38(28-36)42-26-24-35-23-22-33-10-5-11-34-25-27-45(42)48(35)46(33)34/h1-30H. The van der Waals surface area contributed by atoms with Crippen molar-refractivity contribution in [2.45, 2.75) is 0 Å². The first kappa shape index (κ1) is 26.9. The molecule has 0 aliphatic rings. The Labute approximate surface area is 279 Å². The Bertz CT molecular complexity index is 2750. The van der Waals surface area contributed by atoms with Crippen LogP contribution in [0.15, 0.2) is 182 Å². The Kier molecular flexibility index (Phi) is 5.98. The average Bonchev–Trinajstić information content (AvgIpc) is 3.16. The van der Waals surface area contributed by atoms with E-state index in [1.807, 2.05) is 0 Å². The van der Waals surface area contributed by atoms with Gasteiger partial charge in [0.2, 0.25) is 0 Å². The monoisotopic (exact) mass is 606 g/mol. The average molecular weight is 607 g/mol. The first-order valence-corrected chi connectivity index (χ1v) is 16.7. The van der Waals surface area contributed by atoms with Crippen molar-refractivity contribution in [3.8, 4) is 44.5 Å². The van der Waals surface area contributed by atoms with Crippen molar-refractivity contribution >= 4 is 53.9 Å². The molecule has 222 valence electrons. The maximum Gasteiger partial charge on any atom is -0.00206 e. The molecule has 0 saturated carbocycles. The van der Waals surface area contributed by atoms with Crippen LogP contribution in [0.4, 0.5) is 0 Å². The minimum Gasteiger partial charge on any atom is -0.0616 e. The van der Waals surface area contributed by atoms with Gasteiger partial charge in [0.05, 0.1) is 0 Å². The number of hydrogen-bond donors (Lipinski definition) is 0. The first-order chi connectivity index (χ1) is 23.8. The molecule has 0 radical (unpaired) electrons. The van der Waals surface area contributed by atoms with Crippen LogP contribution < -0.4 is 0 Å². The van der Waals surface area contributed by atoms with E-state index < -0.39 is 0 Å². The highest BCUT2D eigenvalue weighted by molar-refractivity contribution is 6.25. The molecule has 48 heavy (non-hydrogen) atoms. The number of benzene rings is 10. The lowest BCUT2D eigenvalue weighted by molar-refractivity contribution is 1.58. The van der Waals surface area contributed by atoms with Gasteiger partial charge in [0.15, 0.2) is 0 Å². The Morgan fingerprint density at radius 3 is 1.38 bits per heavy atom. The maximum absolute atomic E-state index is 2.35. The van der Waals surface area contributed by atoms with Crippen molar-refractivity contribution in [2.24, 2.45) is 0 Å². The predicted octanol–water partition coefficient (Wildman–Crippen LogP) is 13.6. The summed E-state index contributed by atoms with van der Waals surface area (Å²) in [6.45, 7) is 0. The molecule has 0 atom stereocenters. The fraction of sp³-hybridized carbons (Fsp3) is 0. The van der Waals surface area contributed by atoms with E-state index in [-0.39, 0.29) is 0 Å². The molecular weight excluding hydrogens is 577 g/mol. The third-order valence-corrected chi connectivity index (χ3v) is 10.2. The van der Waals surface area contributed by atoms with Gasteiger partial charge in [0.25, 0.3) is 0 Å². The van der Waals surface area contributed by atoms with Crippen LogP contribution in [0.1, 0.15) is 0 Å². The summed E-state index contributed by atoms with van der Waals surface area (Å²) >= 11 is 0. The molecule has 0 fully saturated rings. The normalized spacial score (nSPS) is 11.8. The molecule has 10 rings (SSSR count). The maximum atomic E-state index is 2.35. The molecule has 0 aliphatic heterocycles. The Balaban J connectivity index is 1.03. The zero-order chi connectivity index (χ0) is 31.6. The number of fused-ring (bicyclic) bond motifs is 2. The molecule has 0 unspecified atom stereocenters. The molecular formula is C48H30. The van der Waals surface area contributed by atoms with E-state index in [4.69, 9.17) is 0 Å². The van der Waals surface area contributed by atoms with Crippen molar-refractivity contribution in [3.05, 3.63) is 182 Å². The van der Waals surface area contributed by atoms with Gasteiger partial charge < -0.3 is 0 Å². The Morgan fingerprint density at radius 1 is 0.229 bits per heavy atom. The van der Waals surface area contributed by atoms with Gasteiger partial charge in [-0.3, -0.25) is 0 Å². The fourth-order valence-corrected chi connectivity index (χ4v) is 7.89. The molecule has 10 aromatic rings. The fourth-order valence-electron chi connectivity index (χ4n) is 7.89. The van der Waals surface area contributed by atoms with Gasteiger partial charge in [-0.15, -0.1) is 0 Å². The van der Waals surface area contributed by atoms with Gasteiger partial charge in [-0.25, -0.2) is 0 Å². The molecule has 0 nitrogen and oxygen atoms in total. The molecule has 0 spiro atoms. The molecule has 0 aliphatic carbocycles. The zero-order valence-electron chi connectivity index (χ0n) is 26.3. The summed E-state index contributed by atoms with van der Waals surface area (Å²) in [6, 6.07) is 67.0. The van der Waals surface area contributed by atoms with Crippen LogP contribution >= 0.6 is 0 Å². The molecule has 0 amide bonds. The van der Waals surface area contributed by atoms with Crippen molar-refractivity contribution in [1.29, 1.82) is 0 Å². The van der Waals surface area contributed by atoms with Crippen LogP contribution in [0.25, 0.3) is 98.4 Å². The third kappa shape index (κ3) is 4.24. The highest BCUT2D eigenvalue weighted by Gasteiger charge is 2.14. The van der Waals surface area contributed by atoms with Crippen LogP contribution in [0, 0.1) is 0 Å². The Hall–Kier alpha value is -6.24. The van der Waals surface area contributed by atoms with E-state index in [9.17, 15) is 0 Å². The van der Waals surface area contributed by atoms with E-state index in [1.54, 1.807) is 0 Å². The van der Waals surface area contributed by atoms with Crippen molar-refractivity contribution in [3.63, 3.8) is 0 Å². The van der Waals surface area contributed by atoms with E-state index in [1.165, 1.54) is 98.4 Å². The third-order valence-electron chi connectivity index (χ3n) is 10.2. The van der Waals surface area contributed by atoms with Crippen LogP contribution in [-0.2, 0) is 0 Å². The summed E-state index contributed by atoms with van der Waals surface area (Å²) in [7, 11) is 0. The largest absolute Gasteiger partial charge is 0.0616 e. The highest BCUT2D eigenvalue weighted by atomic mass is 14.2. The molecule has 0 bridgehead atoms. The van der Waals surface area contributed by atoms with E-state index in [2.05, 4.69) is 182 Å². The molecule has 0 heteroatoms. The summed E-state index contributed by atoms with van der Waals surface area (Å²) in [6.07, 6.45) is 0. The summed E-state index contributed by atoms with van der Waals surface area (Å²) in [5.41, 5.74) is 9.93. The van der Waals surface area contributed by atoms with E-state index in [0.717, 1.165) is 0 Å². The first-order valence-electron chi connectivity index (χ1n) is 16.7. The number of rotatable bonds is 4. The minimum atomic E-state index is 1.22. The second kappa shape index (κ2) is 10.7. The second-order valence-corrected chi connectivity index (χ2v) is 12.9. The van der Waals surface area contributed by atoms with Crippen molar-refractivity contribution < 1.29 is 0 Å². The Morgan fingerprint density at radius 2 is 0.708 bits per heavy atom. The quantitative estimate of drug-likeness (QED) is 0.138. The van der Waals surface area contributed by atoms with E-state index >= 15 is 0 Å².